The molecule has 0 aliphatic carbocycles. The summed E-state index contributed by atoms with van der Waals surface area (Å²) in [7, 11) is 0. The van der Waals surface area contributed by atoms with Crippen LogP contribution in [0.1, 0.15) is 27.6 Å². The first kappa shape index (κ1) is 17.4. The zero-order chi connectivity index (χ0) is 18.3. The minimum Gasteiger partial charge on any atom is -0.310 e. The third kappa shape index (κ3) is 3.19. The van der Waals surface area contributed by atoms with Crippen LogP contribution in [0.3, 0.4) is 0 Å². The minimum absolute atomic E-state index is 0.00186. The number of halogens is 1. The van der Waals surface area contributed by atoms with Crippen molar-refractivity contribution in [2.75, 3.05) is 11.1 Å². The fourth-order valence-electron chi connectivity index (χ4n) is 3.19. The van der Waals surface area contributed by atoms with Crippen LogP contribution in [0.15, 0.2) is 53.0 Å². The smallest absolute Gasteiger partial charge is 0.235 e. The molecule has 0 radical (unpaired) electrons. The number of benzene rings is 2. The molecule has 1 aromatic heterocycles. The zero-order valence-corrected chi connectivity index (χ0v) is 16.9. The Morgan fingerprint density at radius 3 is 2.69 bits per heavy atom. The van der Waals surface area contributed by atoms with Crippen molar-refractivity contribution in [3.63, 3.8) is 0 Å². The van der Waals surface area contributed by atoms with E-state index in [0.29, 0.717) is 5.75 Å². The SMILES string of the molecule is Cc1ccc(-n2nc(C)c3c2NC(=O)CSC3c2cccc(Br)c2)cc1. The number of nitrogens with one attached hydrogen (secondary N) is 1. The Labute approximate surface area is 165 Å². The zero-order valence-electron chi connectivity index (χ0n) is 14.5. The van der Waals surface area contributed by atoms with E-state index in [1.54, 1.807) is 11.8 Å². The van der Waals surface area contributed by atoms with Gasteiger partial charge in [0.25, 0.3) is 0 Å². The van der Waals surface area contributed by atoms with Gasteiger partial charge in [0.05, 0.1) is 22.4 Å². The van der Waals surface area contributed by atoms with Crippen LogP contribution in [0.2, 0.25) is 0 Å². The van der Waals surface area contributed by atoms with Gasteiger partial charge in [-0.05, 0) is 43.7 Å². The molecule has 4 rings (SSSR count). The maximum absolute atomic E-state index is 12.4. The van der Waals surface area contributed by atoms with E-state index in [1.807, 2.05) is 35.9 Å². The summed E-state index contributed by atoms with van der Waals surface area (Å²) in [6.07, 6.45) is 0. The monoisotopic (exact) mass is 427 g/mol. The molecule has 1 aliphatic heterocycles. The molecular formula is C20H18BrN3OS. The summed E-state index contributed by atoms with van der Waals surface area (Å²) >= 11 is 5.19. The van der Waals surface area contributed by atoms with Gasteiger partial charge in [-0.25, -0.2) is 4.68 Å². The van der Waals surface area contributed by atoms with Crippen molar-refractivity contribution in [1.82, 2.24) is 9.78 Å². The first-order chi connectivity index (χ1) is 12.5. The Balaban J connectivity index is 1.89. The molecule has 1 N–H and O–H groups in total. The molecular weight excluding hydrogens is 410 g/mol. The molecule has 4 nitrogen and oxygen atoms in total. The summed E-state index contributed by atoms with van der Waals surface area (Å²) in [4.78, 5) is 12.4. The third-order valence-corrected chi connectivity index (χ3v) is 6.20. The standard InChI is InChI=1S/C20H18BrN3OS/c1-12-6-8-16(9-7-12)24-20-18(13(2)23-24)19(26-11-17(25)22-20)14-4-3-5-15(21)10-14/h3-10,19H,11H2,1-2H3,(H,22,25). The Hall–Kier alpha value is -2.05. The number of hydrogen-bond acceptors (Lipinski definition) is 3. The third-order valence-electron chi connectivity index (χ3n) is 4.44. The summed E-state index contributed by atoms with van der Waals surface area (Å²) in [5, 5.41) is 7.87. The number of carbonyl (C=O) groups excluding carboxylic acids is 1. The van der Waals surface area contributed by atoms with E-state index in [2.05, 4.69) is 52.4 Å². The molecule has 1 atom stereocenters. The number of aromatic nitrogens is 2. The maximum Gasteiger partial charge on any atom is 0.235 e. The van der Waals surface area contributed by atoms with Crippen LogP contribution < -0.4 is 5.32 Å². The van der Waals surface area contributed by atoms with Crippen LogP contribution in [-0.4, -0.2) is 21.4 Å². The highest BCUT2D eigenvalue weighted by Gasteiger charge is 2.30. The highest BCUT2D eigenvalue weighted by atomic mass is 79.9. The van der Waals surface area contributed by atoms with Gasteiger partial charge in [0.15, 0.2) is 0 Å². The van der Waals surface area contributed by atoms with Gasteiger partial charge in [0, 0.05) is 10.0 Å². The molecule has 0 saturated carbocycles. The Morgan fingerprint density at radius 2 is 1.96 bits per heavy atom. The van der Waals surface area contributed by atoms with Crippen molar-refractivity contribution >= 4 is 39.4 Å². The number of thioether (sulfide) groups is 1. The molecule has 2 heterocycles. The average molecular weight is 428 g/mol. The molecule has 2 aromatic carbocycles. The summed E-state index contributed by atoms with van der Waals surface area (Å²) < 4.78 is 2.88. The van der Waals surface area contributed by atoms with E-state index in [1.165, 1.54) is 5.56 Å². The van der Waals surface area contributed by atoms with Crippen molar-refractivity contribution in [2.24, 2.45) is 0 Å². The lowest BCUT2D eigenvalue weighted by Crippen LogP contribution is -2.15. The molecule has 6 heteroatoms. The van der Waals surface area contributed by atoms with E-state index in [4.69, 9.17) is 5.10 Å². The lowest BCUT2D eigenvalue weighted by molar-refractivity contribution is -0.113. The number of fused-ring (bicyclic) bond motifs is 1. The van der Waals surface area contributed by atoms with E-state index >= 15 is 0 Å². The van der Waals surface area contributed by atoms with Gasteiger partial charge < -0.3 is 5.32 Å². The van der Waals surface area contributed by atoms with Gasteiger partial charge in [0.1, 0.15) is 5.82 Å². The number of amides is 1. The lowest BCUT2D eigenvalue weighted by Gasteiger charge is -2.15. The highest BCUT2D eigenvalue weighted by Crippen LogP contribution is 2.44. The molecule has 26 heavy (non-hydrogen) atoms. The predicted molar refractivity (Wildman–Crippen MR) is 110 cm³/mol. The largest absolute Gasteiger partial charge is 0.310 e. The molecule has 1 unspecified atom stereocenters. The van der Waals surface area contributed by atoms with Crippen molar-refractivity contribution < 1.29 is 4.79 Å². The molecule has 0 fully saturated rings. The van der Waals surface area contributed by atoms with Gasteiger partial charge in [-0.15, -0.1) is 11.8 Å². The maximum atomic E-state index is 12.4. The first-order valence-corrected chi connectivity index (χ1v) is 10.2. The molecule has 0 bridgehead atoms. The van der Waals surface area contributed by atoms with Gasteiger partial charge in [0.2, 0.25) is 5.91 Å². The van der Waals surface area contributed by atoms with Gasteiger partial charge in [-0.2, -0.15) is 5.10 Å². The van der Waals surface area contributed by atoms with Crippen molar-refractivity contribution in [3.05, 3.63) is 75.4 Å². The molecule has 1 amide bonds. The van der Waals surface area contributed by atoms with Gasteiger partial charge >= 0.3 is 0 Å². The van der Waals surface area contributed by atoms with Crippen molar-refractivity contribution in [2.45, 2.75) is 19.1 Å². The molecule has 0 saturated heterocycles. The van der Waals surface area contributed by atoms with Crippen LogP contribution in [0.4, 0.5) is 5.82 Å². The normalized spacial score (nSPS) is 16.7. The van der Waals surface area contributed by atoms with Crippen LogP contribution in [0.25, 0.3) is 5.69 Å². The van der Waals surface area contributed by atoms with E-state index < -0.39 is 0 Å². The van der Waals surface area contributed by atoms with E-state index in [9.17, 15) is 4.79 Å². The first-order valence-electron chi connectivity index (χ1n) is 8.36. The number of anilines is 1. The minimum atomic E-state index is 0.00186. The van der Waals surface area contributed by atoms with E-state index in [0.717, 1.165) is 32.8 Å². The van der Waals surface area contributed by atoms with Crippen molar-refractivity contribution in [3.8, 4) is 5.69 Å². The quantitative estimate of drug-likeness (QED) is 0.623. The fraction of sp³-hybridized carbons (Fsp3) is 0.200. The molecule has 0 spiro atoms. The second-order valence-electron chi connectivity index (χ2n) is 6.39. The Bertz CT molecular complexity index is 981. The number of aryl methyl sites for hydroxylation is 2. The highest BCUT2D eigenvalue weighted by molar-refractivity contribution is 9.10. The summed E-state index contributed by atoms with van der Waals surface area (Å²) in [6.45, 7) is 4.06. The Kier molecular flexibility index (Phi) is 4.63. The van der Waals surface area contributed by atoms with Gasteiger partial charge in [-0.1, -0.05) is 45.8 Å². The summed E-state index contributed by atoms with van der Waals surface area (Å²) in [5.41, 5.74) is 5.30. The van der Waals surface area contributed by atoms with Crippen LogP contribution >= 0.6 is 27.7 Å². The summed E-state index contributed by atoms with van der Waals surface area (Å²) in [6, 6.07) is 16.4. The van der Waals surface area contributed by atoms with Crippen LogP contribution in [-0.2, 0) is 4.79 Å². The molecule has 1 aliphatic rings. The van der Waals surface area contributed by atoms with Gasteiger partial charge in [-0.3, -0.25) is 4.79 Å². The topological polar surface area (TPSA) is 46.9 Å². The lowest BCUT2D eigenvalue weighted by atomic mass is 10.0. The van der Waals surface area contributed by atoms with Crippen LogP contribution in [0, 0.1) is 13.8 Å². The van der Waals surface area contributed by atoms with Crippen LogP contribution in [0.5, 0.6) is 0 Å². The fourth-order valence-corrected chi connectivity index (χ4v) is 4.78. The number of rotatable bonds is 2. The number of nitrogens with zero attached hydrogens (tertiary/aromatic N) is 2. The predicted octanol–water partition coefficient (Wildman–Crippen LogP) is 5.03. The molecule has 3 aromatic rings. The summed E-state index contributed by atoms with van der Waals surface area (Å²) in [5.74, 6) is 1.19. The van der Waals surface area contributed by atoms with E-state index in [-0.39, 0.29) is 11.2 Å². The number of carbonyl (C=O) groups is 1. The Morgan fingerprint density at radius 1 is 1.19 bits per heavy atom. The second kappa shape index (κ2) is 6.93. The van der Waals surface area contributed by atoms with Crippen molar-refractivity contribution in [1.29, 1.82) is 0 Å². The second-order valence-corrected chi connectivity index (χ2v) is 8.40. The average Bonchev–Trinajstić information content (AvgIpc) is 2.82. The molecule has 132 valence electrons. The number of hydrogen-bond donors (Lipinski definition) is 1.